The van der Waals surface area contributed by atoms with Crippen molar-refractivity contribution >= 4 is 15.7 Å². The van der Waals surface area contributed by atoms with Crippen LogP contribution in [-0.2, 0) is 21.2 Å². The molecule has 3 aromatic rings. The van der Waals surface area contributed by atoms with Crippen LogP contribution in [0.25, 0.3) is 16.8 Å². The Morgan fingerprint density at radius 2 is 1.89 bits per heavy atom. The first-order valence-electron chi connectivity index (χ1n) is 8.40. The SMILES string of the molecule is CS(=O)(=O)C(CCn1ccc(-c2ccc(-n3cncn3)cc2)cc1=O)C(N)=O. The molecule has 1 atom stereocenters. The number of nitrogens with zero attached hydrogens (tertiary/aromatic N) is 4. The molecule has 1 aromatic carbocycles. The molecule has 9 nitrogen and oxygen atoms in total. The van der Waals surface area contributed by atoms with Crippen LogP contribution in [0.2, 0.25) is 0 Å². The van der Waals surface area contributed by atoms with Crippen molar-refractivity contribution in [2.24, 2.45) is 5.73 Å². The molecule has 0 saturated carbocycles. The van der Waals surface area contributed by atoms with E-state index in [-0.39, 0.29) is 18.5 Å². The van der Waals surface area contributed by atoms with Gasteiger partial charge in [-0.2, -0.15) is 5.10 Å². The van der Waals surface area contributed by atoms with Gasteiger partial charge in [0.1, 0.15) is 17.9 Å². The summed E-state index contributed by atoms with van der Waals surface area (Å²) in [5, 5.41) is 2.74. The number of aromatic nitrogens is 4. The molecule has 1 unspecified atom stereocenters. The Morgan fingerprint density at radius 3 is 2.43 bits per heavy atom. The summed E-state index contributed by atoms with van der Waals surface area (Å²) in [7, 11) is -3.62. The third kappa shape index (κ3) is 4.34. The van der Waals surface area contributed by atoms with Crippen LogP contribution in [-0.4, -0.2) is 45.2 Å². The first-order chi connectivity index (χ1) is 13.3. The van der Waals surface area contributed by atoms with Crippen molar-refractivity contribution in [3.05, 3.63) is 65.6 Å². The van der Waals surface area contributed by atoms with Crippen LogP contribution in [0.4, 0.5) is 0 Å². The van der Waals surface area contributed by atoms with Crippen LogP contribution >= 0.6 is 0 Å². The van der Waals surface area contributed by atoms with E-state index in [1.807, 2.05) is 24.3 Å². The third-order valence-electron chi connectivity index (χ3n) is 4.35. The summed E-state index contributed by atoms with van der Waals surface area (Å²) >= 11 is 0. The molecule has 2 aromatic heterocycles. The number of rotatable bonds is 7. The average Bonchev–Trinajstić information content (AvgIpc) is 3.16. The number of hydrogen-bond acceptors (Lipinski definition) is 6. The maximum absolute atomic E-state index is 12.4. The van der Waals surface area contributed by atoms with Crippen molar-refractivity contribution in [2.45, 2.75) is 18.2 Å². The van der Waals surface area contributed by atoms with Crippen LogP contribution in [0.3, 0.4) is 0 Å². The van der Waals surface area contributed by atoms with E-state index in [1.54, 1.807) is 23.3 Å². The normalized spacial score (nSPS) is 12.6. The number of carbonyl (C=O) groups is 1. The summed E-state index contributed by atoms with van der Waals surface area (Å²) in [4.78, 5) is 27.6. The highest BCUT2D eigenvalue weighted by atomic mass is 32.2. The Kier molecular flexibility index (Phi) is 5.41. The maximum atomic E-state index is 12.4. The Bertz CT molecular complexity index is 1140. The lowest BCUT2D eigenvalue weighted by Crippen LogP contribution is -2.36. The molecule has 0 bridgehead atoms. The molecule has 146 valence electrons. The zero-order chi connectivity index (χ0) is 20.3. The Labute approximate surface area is 161 Å². The highest BCUT2D eigenvalue weighted by molar-refractivity contribution is 7.92. The summed E-state index contributed by atoms with van der Waals surface area (Å²) in [6, 6.07) is 10.7. The maximum Gasteiger partial charge on any atom is 0.251 e. The zero-order valence-electron chi connectivity index (χ0n) is 15.1. The molecule has 0 radical (unpaired) electrons. The summed E-state index contributed by atoms with van der Waals surface area (Å²) < 4.78 is 26.2. The van der Waals surface area contributed by atoms with Gasteiger partial charge >= 0.3 is 0 Å². The van der Waals surface area contributed by atoms with Gasteiger partial charge in [-0.05, 0) is 35.7 Å². The highest BCUT2D eigenvalue weighted by Crippen LogP contribution is 2.19. The lowest BCUT2D eigenvalue weighted by atomic mass is 10.1. The van der Waals surface area contributed by atoms with E-state index in [4.69, 9.17) is 5.73 Å². The average molecular weight is 401 g/mol. The van der Waals surface area contributed by atoms with Crippen LogP contribution in [0.15, 0.2) is 60.0 Å². The molecule has 0 aliphatic heterocycles. The van der Waals surface area contributed by atoms with Crippen LogP contribution < -0.4 is 11.3 Å². The van der Waals surface area contributed by atoms with Crippen LogP contribution in [0.1, 0.15) is 6.42 Å². The minimum Gasteiger partial charge on any atom is -0.369 e. The minimum atomic E-state index is -3.62. The van der Waals surface area contributed by atoms with Crippen LogP contribution in [0.5, 0.6) is 0 Å². The van der Waals surface area contributed by atoms with E-state index in [9.17, 15) is 18.0 Å². The molecule has 28 heavy (non-hydrogen) atoms. The number of hydrogen-bond donors (Lipinski definition) is 1. The lowest BCUT2D eigenvalue weighted by molar-refractivity contribution is -0.117. The van der Waals surface area contributed by atoms with E-state index in [1.165, 1.54) is 17.0 Å². The van der Waals surface area contributed by atoms with Crippen molar-refractivity contribution in [1.82, 2.24) is 19.3 Å². The fraction of sp³-hybridized carbons (Fsp3) is 0.222. The second kappa shape index (κ2) is 7.77. The first-order valence-corrected chi connectivity index (χ1v) is 10.4. The molecule has 0 spiro atoms. The van der Waals surface area contributed by atoms with Gasteiger partial charge in [-0.15, -0.1) is 0 Å². The molecule has 2 N–H and O–H groups in total. The summed E-state index contributed by atoms with van der Waals surface area (Å²) in [6.45, 7) is 0.0744. The molecule has 0 aliphatic rings. The van der Waals surface area contributed by atoms with Crippen molar-refractivity contribution in [3.63, 3.8) is 0 Å². The summed E-state index contributed by atoms with van der Waals surface area (Å²) in [5.74, 6) is -0.917. The predicted octanol–water partition coefficient (Wildman–Crippen LogP) is 0.385. The number of primary amides is 1. The number of aryl methyl sites for hydroxylation is 1. The van der Waals surface area contributed by atoms with Gasteiger partial charge in [0.25, 0.3) is 5.56 Å². The molecular formula is C18H19N5O4S. The molecular weight excluding hydrogens is 382 g/mol. The number of benzene rings is 1. The van der Waals surface area contributed by atoms with Gasteiger partial charge in [0.05, 0.1) is 5.69 Å². The monoisotopic (exact) mass is 401 g/mol. The Balaban J connectivity index is 1.77. The van der Waals surface area contributed by atoms with E-state index in [0.29, 0.717) is 0 Å². The van der Waals surface area contributed by atoms with Gasteiger partial charge < -0.3 is 10.3 Å². The van der Waals surface area contributed by atoms with Gasteiger partial charge in [-0.3, -0.25) is 9.59 Å². The second-order valence-electron chi connectivity index (χ2n) is 6.34. The van der Waals surface area contributed by atoms with E-state index in [0.717, 1.165) is 23.1 Å². The van der Waals surface area contributed by atoms with E-state index in [2.05, 4.69) is 10.1 Å². The van der Waals surface area contributed by atoms with E-state index < -0.39 is 21.0 Å². The first kappa shape index (κ1) is 19.5. The second-order valence-corrected chi connectivity index (χ2v) is 8.57. The number of nitrogens with two attached hydrogens (primary N) is 1. The third-order valence-corrected chi connectivity index (χ3v) is 5.85. The Hall–Kier alpha value is -3.27. The predicted molar refractivity (Wildman–Crippen MR) is 103 cm³/mol. The number of sulfone groups is 1. The summed E-state index contributed by atoms with van der Waals surface area (Å²) in [6.07, 6.45) is 5.51. The number of carbonyl (C=O) groups excluding carboxylic acids is 1. The Morgan fingerprint density at radius 1 is 1.18 bits per heavy atom. The molecule has 3 rings (SSSR count). The molecule has 1 amide bonds. The lowest BCUT2D eigenvalue weighted by Gasteiger charge is -2.13. The van der Waals surface area contributed by atoms with Gasteiger partial charge in [-0.25, -0.2) is 18.1 Å². The fourth-order valence-electron chi connectivity index (χ4n) is 2.84. The largest absolute Gasteiger partial charge is 0.369 e. The fourth-order valence-corrected chi connectivity index (χ4v) is 3.80. The van der Waals surface area contributed by atoms with E-state index >= 15 is 0 Å². The van der Waals surface area contributed by atoms with Gasteiger partial charge in [0.15, 0.2) is 9.84 Å². The zero-order valence-corrected chi connectivity index (χ0v) is 15.9. The standard InChI is InChI=1S/C18H19N5O4S/c1-28(26,27)16(18(19)25)7-9-22-8-6-14(10-17(22)24)13-2-4-15(5-3-13)23-12-20-11-21-23/h2-6,8,10-12,16H,7,9H2,1H3,(H2,19,25). The van der Waals surface area contributed by atoms with Crippen molar-refractivity contribution < 1.29 is 13.2 Å². The highest BCUT2D eigenvalue weighted by Gasteiger charge is 2.26. The molecule has 10 heteroatoms. The molecule has 0 saturated heterocycles. The molecule has 2 heterocycles. The smallest absolute Gasteiger partial charge is 0.251 e. The van der Waals surface area contributed by atoms with Crippen molar-refractivity contribution in [3.8, 4) is 16.8 Å². The topological polar surface area (TPSA) is 130 Å². The van der Waals surface area contributed by atoms with Gasteiger partial charge in [-0.1, -0.05) is 12.1 Å². The quantitative estimate of drug-likeness (QED) is 0.609. The molecule has 0 aliphatic carbocycles. The van der Waals surface area contributed by atoms with Crippen LogP contribution in [0, 0.1) is 0 Å². The summed E-state index contributed by atoms with van der Waals surface area (Å²) in [5.41, 5.74) is 7.27. The number of pyridine rings is 1. The van der Waals surface area contributed by atoms with Gasteiger partial charge in [0, 0.05) is 25.1 Å². The molecule has 0 fully saturated rings. The minimum absolute atomic E-state index is 0.0555. The van der Waals surface area contributed by atoms with Gasteiger partial charge in [0.2, 0.25) is 5.91 Å². The number of amides is 1. The van der Waals surface area contributed by atoms with Crippen molar-refractivity contribution in [1.29, 1.82) is 0 Å². The van der Waals surface area contributed by atoms with Crippen molar-refractivity contribution in [2.75, 3.05) is 6.26 Å².